The molecular weight excluding hydrogens is 320 g/mol. The molecule has 1 N–H and O–H groups in total. The van der Waals surface area contributed by atoms with Crippen LogP contribution < -0.4 is 0 Å². The molecule has 0 saturated carbocycles. The highest BCUT2D eigenvalue weighted by atomic mass is 15.2. The Morgan fingerprint density at radius 2 is 1.42 bits per heavy atom. The summed E-state index contributed by atoms with van der Waals surface area (Å²) in [5.41, 5.74) is 6.19. The van der Waals surface area contributed by atoms with Crippen molar-refractivity contribution < 1.29 is 0 Å². The van der Waals surface area contributed by atoms with E-state index in [0.29, 0.717) is 0 Å². The van der Waals surface area contributed by atoms with Crippen molar-refractivity contribution in [2.45, 2.75) is 0 Å². The van der Waals surface area contributed by atoms with E-state index in [1.54, 1.807) is 0 Å². The van der Waals surface area contributed by atoms with Gasteiger partial charge in [-0.2, -0.15) is 0 Å². The van der Waals surface area contributed by atoms with E-state index in [2.05, 4.69) is 86.5 Å². The number of hydrogen-bond acceptors (Lipinski definition) is 2. The Bertz CT molecular complexity index is 1420. The average Bonchev–Trinajstić information content (AvgIpc) is 3.24. The number of hydrogen-bond donors (Lipinski definition) is 1. The molecule has 0 saturated heterocycles. The van der Waals surface area contributed by atoms with Crippen molar-refractivity contribution in [3.05, 3.63) is 78.9 Å². The van der Waals surface area contributed by atoms with E-state index in [4.69, 9.17) is 0 Å². The van der Waals surface area contributed by atoms with Crippen LogP contribution in [0.15, 0.2) is 78.9 Å². The van der Waals surface area contributed by atoms with Crippen LogP contribution in [-0.2, 0) is 0 Å². The lowest BCUT2D eigenvalue weighted by Crippen LogP contribution is -1.94. The van der Waals surface area contributed by atoms with Crippen LogP contribution in [0.3, 0.4) is 0 Å². The third-order valence-electron chi connectivity index (χ3n) is 5.04. The molecule has 3 aromatic heterocycles. The topological polar surface area (TPSA) is 46.5 Å². The largest absolute Gasteiger partial charge is 0.338 e. The van der Waals surface area contributed by atoms with E-state index in [0.717, 1.165) is 44.2 Å². The maximum atomic E-state index is 4.58. The standard InChI is InChI=1S/C22H14N4/c1-2-8-14(9-3-1)26-18-13-7-5-11-16(18)20-21(26)19-15-10-4-6-12-17(15)23-22(19)25-24-20/h1-13H,(H,23,25). The lowest BCUT2D eigenvalue weighted by molar-refractivity contribution is 1.10. The molecule has 0 unspecified atom stereocenters. The van der Waals surface area contributed by atoms with Crippen molar-refractivity contribution in [3.8, 4) is 5.69 Å². The van der Waals surface area contributed by atoms with Gasteiger partial charge in [0.05, 0.1) is 16.4 Å². The zero-order chi connectivity index (χ0) is 17.1. The Morgan fingerprint density at radius 3 is 2.31 bits per heavy atom. The highest BCUT2D eigenvalue weighted by Gasteiger charge is 2.19. The number of fused-ring (bicyclic) bond motifs is 7. The minimum Gasteiger partial charge on any atom is -0.338 e. The molecule has 0 bridgehead atoms. The van der Waals surface area contributed by atoms with E-state index in [1.807, 2.05) is 12.1 Å². The van der Waals surface area contributed by atoms with E-state index in [-0.39, 0.29) is 0 Å². The minimum absolute atomic E-state index is 0.818. The molecule has 0 aliphatic heterocycles. The summed E-state index contributed by atoms with van der Waals surface area (Å²) in [4.78, 5) is 3.41. The zero-order valence-corrected chi connectivity index (χ0v) is 13.8. The Hall–Kier alpha value is -3.66. The van der Waals surface area contributed by atoms with Crippen LogP contribution in [0, 0.1) is 0 Å². The molecule has 3 aromatic carbocycles. The van der Waals surface area contributed by atoms with Crippen molar-refractivity contribution in [1.82, 2.24) is 19.7 Å². The summed E-state index contributed by atoms with van der Waals surface area (Å²) in [6, 6.07) is 27.1. The first-order valence-electron chi connectivity index (χ1n) is 8.63. The van der Waals surface area contributed by atoms with Gasteiger partial charge >= 0.3 is 0 Å². The molecule has 122 valence electrons. The first-order valence-corrected chi connectivity index (χ1v) is 8.63. The van der Waals surface area contributed by atoms with E-state index >= 15 is 0 Å². The lowest BCUT2D eigenvalue weighted by Gasteiger charge is -2.07. The maximum absolute atomic E-state index is 4.58. The number of aromatic nitrogens is 4. The normalized spacial score (nSPS) is 11.8. The first kappa shape index (κ1) is 13.6. The predicted molar refractivity (Wildman–Crippen MR) is 106 cm³/mol. The third kappa shape index (κ3) is 1.68. The average molecular weight is 334 g/mol. The van der Waals surface area contributed by atoms with Crippen LogP contribution in [0.5, 0.6) is 0 Å². The Kier molecular flexibility index (Phi) is 2.58. The molecule has 6 rings (SSSR count). The molecule has 26 heavy (non-hydrogen) atoms. The second-order valence-corrected chi connectivity index (χ2v) is 6.48. The van der Waals surface area contributed by atoms with Gasteiger partial charge in [0.2, 0.25) is 0 Å². The summed E-state index contributed by atoms with van der Waals surface area (Å²) in [5, 5.41) is 12.5. The summed E-state index contributed by atoms with van der Waals surface area (Å²) in [6.45, 7) is 0. The van der Waals surface area contributed by atoms with E-state index in [1.165, 1.54) is 5.39 Å². The Balaban J connectivity index is 1.96. The molecule has 0 radical (unpaired) electrons. The van der Waals surface area contributed by atoms with Gasteiger partial charge in [0.1, 0.15) is 5.52 Å². The van der Waals surface area contributed by atoms with E-state index < -0.39 is 0 Å². The van der Waals surface area contributed by atoms with Crippen molar-refractivity contribution in [3.63, 3.8) is 0 Å². The van der Waals surface area contributed by atoms with Crippen LogP contribution in [0.1, 0.15) is 0 Å². The van der Waals surface area contributed by atoms with Crippen LogP contribution >= 0.6 is 0 Å². The quantitative estimate of drug-likeness (QED) is 0.449. The van der Waals surface area contributed by atoms with Gasteiger partial charge in [-0.15, -0.1) is 10.2 Å². The van der Waals surface area contributed by atoms with Crippen molar-refractivity contribution in [2.75, 3.05) is 0 Å². The fraction of sp³-hybridized carbons (Fsp3) is 0. The van der Waals surface area contributed by atoms with Crippen LogP contribution in [0.25, 0.3) is 49.6 Å². The molecule has 0 atom stereocenters. The van der Waals surface area contributed by atoms with Gasteiger partial charge < -0.3 is 9.55 Å². The van der Waals surface area contributed by atoms with Gasteiger partial charge in [-0.05, 0) is 24.3 Å². The molecule has 0 spiro atoms. The molecule has 4 nitrogen and oxygen atoms in total. The van der Waals surface area contributed by atoms with Crippen LogP contribution in [0.2, 0.25) is 0 Å². The van der Waals surface area contributed by atoms with Gasteiger partial charge in [-0.3, -0.25) is 0 Å². The first-order chi connectivity index (χ1) is 12.9. The predicted octanol–water partition coefficient (Wildman–Crippen LogP) is 5.21. The van der Waals surface area contributed by atoms with Gasteiger partial charge in [0.15, 0.2) is 5.65 Å². The van der Waals surface area contributed by atoms with Crippen molar-refractivity contribution in [2.24, 2.45) is 0 Å². The van der Waals surface area contributed by atoms with Gasteiger partial charge in [-0.25, -0.2) is 0 Å². The van der Waals surface area contributed by atoms with E-state index in [9.17, 15) is 0 Å². The lowest BCUT2D eigenvalue weighted by atomic mass is 10.1. The number of nitrogens with one attached hydrogen (secondary N) is 1. The highest BCUT2D eigenvalue weighted by Crippen LogP contribution is 2.37. The van der Waals surface area contributed by atoms with Crippen molar-refractivity contribution >= 4 is 43.9 Å². The highest BCUT2D eigenvalue weighted by molar-refractivity contribution is 6.22. The smallest absolute Gasteiger partial charge is 0.163 e. The summed E-state index contributed by atoms with van der Waals surface area (Å²) in [5.74, 6) is 0. The maximum Gasteiger partial charge on any atom is 0.163 e. The molecule has 6 aromatic rings. The number of para-hydroxylation sites is 3. The molecule has 4 heteroatoms. The molecule has 3 heterocycles. The van der Waals surface area contributed by atoms with Gasteiger partial charge in [0, 0.05) is 22.0 Å². The number of nitrogens with zero attached hydrogens (tertiary/aromatic N) is 3. The van der Waals surface area contributed by atoms with Crippen LogP contribution in [0.4, 0.5) is 0 Å². The summed E-state index contributed by atoms with van der Waals surface area (Å²) in [7, 11) is 0. The molecule has 0 aliphatic carbocycles. The fourth-order valence-electron chi connectivity index (χ4n) is 3.94. The second-order valence-electron chi connectivity index (χ2n) is 6.48. The number of H-pyrrole nitrogens is 1. The zero-order valence-electron chi connectivity index (χ0n) is 13.8. The van der Waals surface area contributed by atoms with Crippen LogP contribution in [-0.4, -0.2) is 19.7 Å². The molecular formula is C22H14N4. The number of rotatable bonds is 1. The number of benzene rings is 3. The monoisotopic (exact) mass is 334 g/mol. The number of aromatic amines is 1. The van der Waals surface area contributed by atoms with Crippen molar-refractivity contribution in [1.29, 1.82) is 0 Å². The summed E-state index contributed by atoms with van der Waals surface area (Å²) >= 11 is 0. The van der Waals surface area contributed by atoms with Gasteiger partial charge in [0.25, 0.3) is 0 Å². The summed E-state index contributed by atoms with van der Waals surface area (Å²) < 4.78 is 2.29. The molecule has 0 amide bonds. The SMILES string of the molecule is c1ccc(-n2c3ccccc3c3nnc4[nH]c5ccccc5c4c32)cc1. The fourth-order valence-corrected chi connectivity index (χ4v) is 3.94. The Morgan fingerprint density at radius 1 is 0.692 bits per heavy atom. The Labute approximate surface area is 148 Å². The summed E-state index contributed by atoms with van der Waals surface area (Å²) in [6.07, 6.45) is 0. The molecule has 0 aliphatic rings. The third-order valence-corrected chi connectivity index (χ3v) is 5.04. The minimum atomic E-state index is 0.818. The second kappa shape index (κ2) is 4.92. The van der Waals surface area contributed by atoms with Gasteiger partial charge in [-0.1, -0.05) is 54.6 Å². The molecule has 0 fully saturated rings.